The van der Waals surface area contributed by atoms with Gasteiger partial charge in [-0.05, 0) is 29.7 Å². The van der Waals surface area contributed by atoms with Crippen LogP contribution in [-0.2, 0) is 22.6 Å². The number of rotatable bonds is 9. The van der Waals surface area contributed by atoms with Crippen molar-refractivity contribution in [1.29, 1.82) is 0 Å². The third-order valence-electron chi connectivity index (χ3n) is 4.90. The van der Waals surface area contributed by atoms with Crippen molar-refractivity contribution >= 4 is 17.8 Å². The van der Waals surface area contributed by atoms with Crippen LogP contribution >= 0.6 is 0 Å². The standard InChI is InChI=1S/C22H25N3O5/c1-29-18-9-8-16(12-19(18)30-2)14-23-20(26)13-17-21(27)25(22(28)24-17)11-10-15-6-4-3-5-7-15/h3-9,12,17H,10-11,13-14H2,1-2H3,(H,23,26)(H,24,28). The molecule has 3 rings (SSSR count). The number of carbonyl (C=O) groups is 3. The average Bonchev–Trinajstić information content (AvgIpc) is 3.03. The van der Waals surface area contributed by atoms with Crippen molar-refractivity contribution in [2.45, 2.75) is 25.4 Å². The summed E-state index contributed by atoms with van der Waals surface area (Å²) in [6.07, 6.45) is 0.456. The summed E-state index contributed by atoms with van der Waals surface area (Å²) in [4.78, 5) is 38.1. The highest BCUT2D eigenvalue weighted by Crippen LogP contribution is 2.27. The summed E-state index contributed by atoms with van der Waals surface area (Å²) in [5.41, 5.74) is 1.86. The minimum atomic E-state index is -0.848. The molecule has 1 saturated heterocycles. The number of ether oxygens (including phenoxy) is 2. The van der Waals surface area contributed by atoms with Gasteiger partial charge in [0.25, 0.3) is 5.91 Å². The molecule has 1 atom stereocenters. The van der Waals surface area contributed by atoms with E-state index in [9.17, 15) is 14.4 Å². The molecule has 0 bridgehead atoms. The first-order valence-corrected chi connectivity index (χ1v) is 9.65. The molecular weight excluding hydrogens is 386 g/mol. The van der Waals surface area contributed by atoms with Gasteiger partial charge >= 0.3 is 6.03 Å². The van der Waals surface area contributed by atoms with Gasteiger partial charge in [0.2, 0.25) is 5.91 Å². The van der Waals surface area contributed by atoms with Gasteiger partial charge in [-0.3, -0.25) is 14.5 Å². The second kappa shape index (κ2) is 9.78. The van der Waals surface area contributed by atoms with E-state index in [4.69, 9.17) is 9.47 Å². The van der Waals surface area contributed by atoms with E-state index >= 15 is 0 Å². The molecule has 1 aliphatic rings. The summed E-state index contributed by atoms with van der Waals surface area (Å²) < 4.78 is 10.4. The quantitative estimate of drug-likeness (QED) is 0.614. The van der Waals surface area contributed by atoms with E-state index < -0.39 is 12.1 Å². The van der Waals surface area contributed by atoms with Gasteiger partial charge in [-0.2, -0.15) is 0 Å². The lowest BCUT2D eigenvalue weighted by atomic mass is 10.1. The maximum Gasteiger partial charge on any atom is 0.324 e. The van der Waals surface area contributed by atoms with Crippen LogP contribution in [0.2, 0.25) is 0 Å². The van der Waals surface area contributed by atoms with Gasteiger partial charge in [-0.25, -0.2) is 4.79 Å². The second-order valence-corrected chi connectivity index (χ2v) is 6.90. The first kappa shape index (κ1) is 21.2. The summed E-state index contributed by atoms with van der Waals surface area (Å²) >= 11 is 0. The number of benzene rings is 2. The maximum absolute atomic E-state index is 12.5. The van der Waals surface area contributed by atoms with Crippen LogP contribution in [0.15, 0.2) is 48.5 Å². The Morgan fingerprint density at radius 1 is 1.03 bits per heavy atom. The van der Waals surface area contributed by atoms with Gasteiger partial charge in [0.15, 0.2) is 11.5 Å². The molecule has 0 aromatic heterocycles. The summed E-state index contributed by atoms with van der Waals surface area (Å²) in [6.45, 7) is 0.546. The van der Waals surface area contributed by atoms with Crippen LogP contribution in [0.25, 0.3) is 0 Å². The molecule has 30 heavy (non-hydrogen) atoms. The summed E-state index contributed by atoms with van der Waals surface area (Å²) in [7, 11) is 3.09. The Kier molecular flexibility index (Phi) is 6.90. The van der Waals surface area contributed by atoms with Crippen molar-refractivity contribution in [1.82, 2.24) is 15.5 Å². The smallest absolute Gasteiger partial charge is 0.324 e. The average molecular weight is 411 g/mol. The molecular formula is C22H25N3O5. The highest BCUT2D eigenvalue weighted by molar-refractivity contribution is 6.05. The Labute approximate surface area is 175 Å². The molecule has 2 N–H and O–H groups in total. The minimum Gasteiger partial charge on any atom is -0.493 e. The van der Waals surface area contributed by atoms with Gasteiger partial charge < -0.3 is 20.1 Å². The molecule has 0 radical (unpaired) electrons. The summed E-state index contributed by atoms with van der Waals surface area (Å²) in [5, 5.41) is 5.36. The molecule has 158 valence electrons. The number of hydrogen-bond donors (Lipinski definition) is 2. The Morgan fingerprint density at radius 2 is 1.77 bits per heavy atom. The van der Waals surface area contributed by atoms with Gasteiger partial charge in [0.1, 0.15) is 6.04 Å². The fraction of sp³-hybridized carbons (Fsp3) is 0.318. The predicted octanol–water partition coefficient (Wildman–Crippen LogP) is 1.87. The Hall–Kier alpha value is -3.55. The summed E-state index contributed by atoms with van der Waals surface area (Å²) in [6, 6.07) is 13.6. The largest absolute Gasteiger partial charge is 0.493 e. The van der Waals surface area contributed by atoms with Gasteiger partial charge in [0, 0.05) is 13.1 Å². The van der Waals surface area contributed by atoms with E-state index in [1.807, 2.05) is 36.4 Å². The molecule has 1 aliphatic heterocycles. The zero-order chi connectivity index (χ0) is 21.5. The molecule has 8 heteroatoms. The van der Waals surface area contributed by atoms with E-state index in [-0.39, 0.29) is 31.3 Å². The molecule has 1 fully saturated rings. The number of methoxy groups -OCH3 is 2. The molecule has 0 aliphatic carbocycles. The molecule has 0 saturated carbocycles. The van der Waals surface area contributed by atoms with Crippen LogP contribution in [0.5, 0.6) is 11.5 Å². The Bertz CT molecular complexity index is 916. The third kappa shape index (κ3) is 5.08. The minimum absolute atomic E-state index is 0.111. The molecule has 4 amide bonds. The van der Waals surface area contributed by atoms with Crippen LogP contribution < -0.4 is 20.1 Å². The van der Waals surface area contributed by atoms with E-state index in [0.717, 1.165) is 11.1 Å². The Morgan fingerprint density at radius 3 is 2.47 bits per heavy atom. The SMILES string of the molecule is COc1ccc(CNC(=O)CC2NC(=O)N(CCc3ccccc3)C2=O)cc1OC. The number of imide groups is 1. The molecule has 2 aromatic rings. The molecule has 1 heterocycles. The second-order valence-electron chi connectivity index (χ2n) is 6.90. The van der Waals surface area contributed by atoms with Gasteiger partial charge in [0.05, 0.1) is 20.6 Å². The lowest BCUT2D eigenvalue weighted by Gasteiger charge is -2.13. The lowest BCUT2D eigenvalue weighted by molar-refractivity contribution is -0.130. The zero-order valence-electron chi connectivity index (χ0n) is 17.0. The van der Waals surface area contributed by atoms with Crippen molar-refractivity contribution in [3.63, 3.8) is 0 Å². The van der Waals surface area contributed by atoms with Crippen molar-refractivity contribution in [3.8, 4) is 11.5 Å². The van der Waals surface area contributed by atoms with Crippen molar-refractivity contribution < 1.29 is 23.9 Å². The fourth-order valence-electron chi connectivity index (χ4n) is 3.26. The van der Waals surface area contributed by atoms with Crippen molar-refractivity contribution in [3.05, 3.63) is 59.7 Å². The van der Waals surface area contributed by atoms with Gasteiger partial charge in [-0.15, -0.1) is 0 Å². The topological polar surface area (TPSA) is 97.0 Å². The third-order valence-corrected chi connectivity index (χ3v) is 4.90. The summed E-state index contributed by atoms with van der Waals surface area (Å²) in [5.74, 6) is 0.463. The predicted molar refractivity (Wildman–Crippen MR) is 110 cm³/mol. The molecule has 2 aromatic carbocycles. The van der Waals surface area contributed by atoms with Crippen LogP contribution in [0.1, 0.15) is 17.5 Å². The monoisotopic (exact) mass is 411 g/mol. The van der Waals surface area contributed by atoms with Crippen LogP contribution in [0.3, 0.4) is 0 Å². The zero-order valence-corrected chi connectivity index (χ0v) is 17.0. The fourth-order valence-corrected chi connectivity index (χ4v) is 3.26. The molecule has 0 spiro atoms. The molecule has 1 unspecified atom stereocenters. The van der Waals surface area contributed by atoms with Crippen molar-refractivity contribution in [2.75, 3.05) is 20.8 Å². The van der Waals surface area contributed by atoms with E-state index in [0.29, 0.717) is 17.9 Å². The first-order valence-electron chi connectivity index (χ1n) is 9.65. The number of nitrogens with one attached hydrogen (secondary N) is 2. The highest BCUT2D eigenvalue weighted by atomic mass is 16.5. The molecule has 8 nitrogen and oxygen atoms in total. The number of amides is 4. The number of nitrogens with zero attached hydrogens (tertiary/aromatic N) is 1. The van der Waals surface area contributed by atoms with Crippen LogP contribution in [0.4, 0.5) is 4.79 Å². The Balaban J connectivity index is 1.50. The highest BCUT2D eigenvalue weighted by Gasteiger charge is 2.38. The van der Waals surface area contributed by atoms with E-state index in [1.54, 1.807) is 19.2 Å². The van der Waals surface area contributed by atoms with Gasteiger partial charge in [-0.1, -0.05) is 36.4 Å². The number of carbonyl (C=O) groups excluding carboxylic acids is 3. The normalized spacial score (nSPS) is 15.7. The first-order chi connectivity index (χ1) is 14.5. The number of urea groups is 1. The maximum atomic E-state index is 12.5. The lowest BCUT2D eigenvalue weighted by Crippen LogP contribution is -2.36. The van der Waals surface area contributed by atoms with Crippen LogP contribution in [0, 0.1) is 0 Å². The van der Waals surface area contributed by atoms with E-state index in [1.165, 1.54) is 12.0 Å². The van der Waals surface area contributed by atoms with Crippen LogP contribution in [-0.4, -0.2) is 49.6 Å². The van der Waals surface area contributed by atoms with E-state index in [2.05, 4.69) is 10.6 Å². The van der Waals surface area contributed by atoms with Crippen molar-refractivity contribution in [2.24, 2.45) is 0 Å². The number of hydrogen-bond acceptors (Lipinski definition) is 5.